The standard InChI is InChI=1S/C13H22N2S/c1-12-8-14-15(9-12)10-13(11-16)6-4-2-3-5-7-13/h8-9,16H,2-7,10-11H2,1H3. The Hall–Kier alpha value is -0.440. The van der Waals surface area contributed by atoms with Crippen LogP contribution in [0, 0.1) is 12.3 Å². The largest absolute Gasteiger partial charge is 0.272 e. The summed E-state index contributed by atoms with van der Waals surface area (Å²) in [5, 5.41) is 4.42. The zero-order valence-electron chi connectivity index (χ0n) is 10.2. The third-order valence-corrected chi connectivity index (χ3v) is 4.43. The fourth-order valence-electron chi connectivity index (χ4n) is 2.74. The van der Waals surface area contributed by atoms with E-state index < -0.39 is 0 Å². The van der Waals surface area contributed by atoms with Gasteiger partial charge < -0.3 is 0 Å². The summed E-state index contributed by atoms with van der Waals surface area (Å²) >= 11 is 4.59. The third-order valence-electron chi connectivity index (χ3n) is 3.76. The zero-order chi connectivity index (χ0) is 11.4. The number of rotatable bonds is 3. The molecule has 1 fully saturated rings. The van der Waals surface area contributed by atoms with Crippen LogP contribution in [0.15, 0.2) is 12.4 Å². The average molecular weight is 238 g/mol. The van der Waals surface area contributed by atoms with Gasteiger partial charge in [0, 0.05) is 12.7 Å². The molecule has 1 aliphatic carbocycles. The Morgan fingerprint density at radius 2 is 2.00 bits per heavy atom. The van der Waals surface area contributed by atoms with E-state index in [1.807, 2.05) is 6.20 Å². The molecule has 0 aliphatic heterocycles. The Labute approximate surface area is 104 Å². The van der Waals surface area contributed by atoms with Gasteiger partial charge in [0.2, 0.25) is 0 Å². The van der Waals surface area contributed by atoms with Crippen molar-refractivity contribution >= 4 is 12.6 Å². The smallest absolute Gasteiger partial charge is 0.0518 e. The number of thiol groups is 1. The second-order valence-electron chi connectivity index (χ2n) is 5.29. The zero-order valence-corrected chi connectivity index (χ0v) is 11.0. The Balaban J connectivity index is 2.08. The van der Waals surface area contributed by atoms with Crippen molar-refractivity contribution in [3.63, 3.8) is 0 Å². The van der Waals surface area contributed by atoms with Crippen LogP contribution in [-0.2, 0) is 6.54 Å². The van der Waals surface area contributed by atoms with Crippen molar-refractivity contribution in [1.82, 2.24) is 9.78 Å². The molecule has 16 heavy (non-hydrogen) atoms. The van der Waals surface area contributed by atoms with Gasteiger partial charge in [0.1, 0.15) is 0 Å². The van der Waals surface area contributed by atoms with Gasteiger partial charge in [-0.25, -0.2) is 0 Å². The van der Waals surface area contributed by atoms with Gasteiger partial charge in [0.25, 0.3) is 0 Å². The second-order valence-corrected chi connectivity index (χ2v) is 5.60. The maximum atomic E-state index is 4.59. The van der Waals surface area contributed by atoms with Crippen molar-refractivity contribution in [3.05, 3.63) is 18.0 Å². The first kappa shape index (κ1) is 12.0. The Morgan fingerprint density at radius 1 is 1.31 bits per heavy atom. The average Bonchev–Trinajstić information content (AvgIpc) is 2.54. The SMILES string of the molecule is Cc1cnn(CC2(CS)CCCCCC2)c1. The summed E-state index contributed by atoms with van der Waals surface area (Å²) in [5.41, 5.74) is 1.64. The summed E-state index contributed by atoms with van der Waals surface area (Å²) in [5.74, 6) is 0.992. The first-order valence-corrected chi connectivity index (χ1v) is 6.97. The fourth-order valence-corrected chi connectivity index (χ4v) is 3.16. The molecule has 0 unspecified atom stereocenters. The van der Waals surface area contributed by atoms with E-state index in [2.05, 4.69) is 35.5 Å². The molecule has 0 atom stereocenters. The van der Waals surface area contributed by atoms with E-state index in [-0.39, 0.29) is 0 Å². The molecule has 0 N–H and O–H groups in total. The van der Waals surface area contributed by atoms with E-state index in [1.54, 1.807) is 0 Å². The predicted octanol–water partition coefficient (Wildman–Crippen LogP) is 3.46. The van der Waals surface area contributed by atoms with Crippen LogP contribution in [0.5, 0.6) is 0 Å². The summed E-state index contributed by atoms with van der Waals surface area (Å²) in [6, 6.07) is 0. The summed E-state index contributed by atoms with van der Waals surface area (Å²) < 4.78 is 2.11. The topological polar surface area (TPSA) is 17.8 Å². The molecule has 2 nitrogen and oxygen atoms in total. The highest BCUT2D eigenvalue weighted by Crippen LogP contribution is 2.37. The van der Waals surface area contributed by atoms with E-state index in [0.717, 1.165) is 12.3 Å². The van der Waals surface area contributed by atoms with Crippen LogP contribution in [0.4, 0.5) is 0 Å². The van der Waals surface area contributed by atoms with Gasteiger partial charge in [-0.1, -0.05) is 25.7 Å². The highest BCUT2D eigenvalue weighted by Gasteiger charge is 2.30. The van der Waals surface area contributed by atoms with Gasteiger partial charge in [-0.3, -0.25) is 4.68 Å². The quantitative estimate of drug-likeness (QED) is 0.630. The van der Waals surface area contributed by atoms with Gasteiger partial charge in [-0.05, 0) is 36.5 Å². The third kappa shape index (κ3) is 2.82. The van der Waals surface area contributed by atoms with E-state index in [9.17, 15) is 0 Å². The van der Waals surface area contributed by atoms with E-state index in [1.165, 1.54) is 44.1 Å². The molecular weight excluding hydrogens is 216 g/mol. The molecule has 90 valence electrons. The summed E-state index contributed by atoms with van der Waals surface area (Å²) in [4.78, 5) is 0. The van der Waals surface area contributed by atoms with Gasteiger partial charge in [0.05, 0.1) is 6.20 Å². The predicted molar refractivity (Wildman–Crippen MR) is 71.0 cm³/mol. The lowest BCUT2D eigenvalue weighted by Gasteiger charge is -2.31. The monoisotopic (exact) mass is 238 g/mol. The normalized spacial score (nSPS) is 20.6. The molecule has 1 saturated carbocycles. The lowest BCUT2D eigenvalue weighted by Crippen LogP contribution is -2.28. The molecule has 1 aliphatic rings. The number of aromatic nitrogens is 2. The van der Waals surface area contributed by atoms with Gasteiger partial charge in [0.15, 0.2) is 0 Å². The fraction of sp³-hybridized carbons (Fsp3) is 0.769. The van der Waals surface area contributed by atoms with E-state index >= 15 is 0 Å². The Bertz CT molecular complexity index is 324. The van der Waals surface area contributed by atoms with Crippen LogP contribution in [0.25, 0.3) is 0 Å². The molecular formula is C13H22N2S. The van der Waals surface area contributed by atoms with Crippen LogP contribution in [-0.4, -0.2) is 15.5 Å². The van der Waals surface area contributed by atoms with Crippen molar-refractivity contribution in [3.8, 4) is 0 Å². The molecule has 1 aromatic heterocycles. The molecule has 0 bridgehead atoms. The number of aryl methyl sites for hydroxylation is 1. The molecule has 0 aromatic carbocycles. The van der Waals surface area contributed by atoms with E-state index in [0.29, 0.717) is 5.41 Å². The van der Waals surface area contributed by atoms with Gasteiger partial charge in [-0.2, -0.15) is 17.7 Å². The first-order valence-electron chi connectivity index (χ1n) is 6.34. The maximum Gasteiger partial charge on any atom is 0.0518 e. The molecule has 0 saturated heterocycles. The summed E-state index contributed by atoms with van der Waals surface area (Å²) in [6.45, 7) is 3.15. The van der Waals surface area contributed by atoms with Crippen LogP contribution >= 0.6 is 12.6 Å². The van der Waals surface area contributed by atoms with Crippen LogP contribution < -0.4 is 0 Å². The molecule has 0 spiro atoms. The summed E-state index contributed by atoms with van der Waals surface area (Å²) in [7, 11) is 0. The second kappa shape index (κ2) is 5.26. The van der Waals surface area contributed by atoms with Crippen molar-refractivity contribution in [2.75, 3.05) is 5.75 Å². The first-order chi connectivity index (χ1) is 7.74. The minimum Gasteiger partial charge on any atom is -0.272 e. The Morgan fingerprint density at radius 3 is 2.50 bits per heavy atom. The van der Waals surface area contributed by atoms with Crippen LogP contribution in [0.2, 0.25) is 0 Å². The maximum absolute atomic E-state index is 4.59. The molecule has 3 heteroatoms. The highest BCUT2D eigenvalue weighted by molar-refractivity contribution is 7.80. The van der Waals surface area contributed by atoms with Gasteiger partial charge in [-0.15, -0.1) is 0 Å². The van der Waals surface area contributed by atoms with Crippen molar-refractivity contribution in [2.45, 2.75) is 52.0 Å². The minimum absolute atomic E-state index is 0.387. The van der Waals surface area contributed by atoms with Crippen molar-refractivity contribution < 1.29 is 0 Å². The Kier molecular flexibility index (Phi) is 3.95. The van der Waals surface area contributed by atoms with Crippen LogP contribution in [0.3, 0.4) is 0 Å². The number of nitrogens with zero attached hydrogens (tertiary/aromatic N) is 2. The number of hydrogen-bond donors (Lipinski definition) is 1. The summed E-state index contributed by atoms with van der Waals surface area (Å²) in [6.07, 6.45) is 12.2. The lowest BCUT2D eigenvalue weighted by molar-refractivity contribution is 0.230. The van der Waals surface area contributed by atoms with E-state index in [4.69, 9.17) is 0 Å². The molecule has 1 aromatic rings. The molecule has 2 rings (SSSR count). The molecule has 0 radical (unpaired) electrons. The molecule has 0 amide bonds. The lowest BCUT2D eigenvalue weighted by atomic mass is 9.82. The minimum atomic E-state index is 0.387. The van der Waals surface area contributed by atoms with Crippen molar-refractivity contribution in [1.29, 1.82) is 0 Å². The highest BCUT2D eigenvalue weighted by atomic mass is 32.1. The van der Waals surface area contributed by atoms with Crippen LogP contribution in [0.1, 0.15) is 44.1 Å². The van der Waals surface area contributed by atoms with Crippen molar-refractivity contribution in [2.24, 2.45) is 5.41 Å². The molecule has 1 heterocycles. The van der Waals surface area contributed by atoms with Gasteiger partial charge >= 0.3 is 0 Å². The number of hydrogen-bond acceptors (Lipinski definition) is 2.